The number of carbonyl (C=O) groups is 1. The number of hydrogen-bond donors (Lipinski definition) is 3. The molecule has 114 valence electrons. The summed E-state index contributed by atoms with van der Waals surface area (Å²) in [6.07, 6.45) is 4.56. The van der Waals surface area contributed by atoms with Gasteiger partial charge in [0.1, 0.15) is 6.04 Å². The van der Waals surface area contributed by atoms with Crippen LogP contribution in [0.5, 0.6) is 0 Å². The molecule has 0 aliphatic heterocycles. The van der Waals surface area contributed by atoms with E-state index in [4.69, 9.17) is 0 Å². The Labute approximate surface area is 125 Å². The minimum Gasteiger partial charge on any atom is -0.480 e. The summed E-state index contributed by atoms with van der Waals surface area (Å²) in [6.45, 7) is 5.04. The van der Waals surface area contributed by atoms with Crippen LogP contribution in [0.4, 0.5) is 0 Å². The van der Waals surface area contributed by atoms with Gasteiger partial charge in [0, 0.05) is 23.5 Å². The lowest BCUT2D eigenvalue weighted by atomic mass is 10.0. The van der Waals surface area contributed by atoms with Crippen molar-refractivity contribution in [2.75, 3.05) is 6.54 Å². The van der Waals surface area contributed by atoms with Crippen LogP contribution < -0.4 is 5.32 Å². The number of nitrogens with one attached hydrogen (secondary N) is 2. The number of benzene rings is 1. The Morgan fingerprint density at radius 3 is 2.67 bits per heavy atom. The van der Waals surface area contributed by atoms with Crippen molar-refractivity contribution in [1.29, 1.82) is 0 Å². The van der Waals surface area contributed by atoms with Gasteiger partial charge >= 0.3 is 5.97 Å². The van der Waals surface area contributed by atoms with Crippen molar-refractivity contribution < 1.29 is 9.90 Å². The topological polar surface area (TPSA) is 65.1 Å². The van der Waals surface area contributed by atoms with Crippen LogP contribution in [0.2, 0.25) is 0 Å². The third-order valence-corrected chi connectivity index (χ3v) is 4.20. The highest BCUT2D eigenvalue weighted by Crippen LogP contribution is 2.19. The van der Waals surface area contributed by atoms with Crippen LogP contribution >= 0.6 is 0 Å². The van der Waals surface area contributed by atoms with E-state index in [0.717, 1.165) is 35.9 Å². The lowest BCUT2D eigenvalue weighted by Gasteiger charge is -2.18. The average molecular weight is 288 g/mol. The number of H-pyrrole nitrogens is 1. The Bertz CT molecular complexity index is 587. The van der Waals surface area contributed by atoms with Gasteiger partial charge in [-0.15, -0.1) is 0 Å². The first-order valence-electron chi connectivity index (χ1n) is 7.66. The molecule has 1 atom stereocenters. The van der Waals surface area contributed by atoms with Crippen LogP contribution in [0.1, 0.15) is 32.3 Å². The Kier molecular flexibility index (Phi) is 5.39. The monoisotopic (exact) mass is 288 g/mol. The minimum atomic E-state index is -0.786. The molecule has 1 aromatic heterocycles. The van der Waals surface area contributed by atoms with Crippen molar-refractivity contribution in [3.8, 4) is 0 Å². The summed E-state index contributed by atoms with van der Waals surface area (Å²) in [7, 11) is 0. The first kappa shape index (κ1) is 15.6. The quantitative estimate of drug-likeness (QED) is 0.699. The van der Waals surface area contributed by atoms with E-state index in [0.29, 0.717) is 12.3 Å². The Morgan fingerprint density at radius 2 is 2.00 bits per heavy atom. The average Bonchev–Trinajstić information content (AvgIpc) is 2.90. The number of aromatic nitrogens is 1. The molecule has 0 fully saturated rings. The zero-order chi connectivity index (χ0) is 15.2. The van der Waals surface area contributed by atoms with Gasteiger partial charge in [-0.3, -0.25) is 4.79 Å². The Morgan fingerprint density at radius 1 is 1.29 bits per heavy atom. The van der Waals surface area contributed by atoms with Crippen LogP contribution in [-0.2, 0) is 11.2 Å². The highest BCUT2D eigenvalue weighted by atomic mass is 16.4. The molecule has 4 nitrogen and oxygen atoms in total. The zero-order valence-electron chi connectivity index (χ0n) is 12.7. The van der Waals surface area contributed by atoms with Crippen LogP contribution in [0.3, 0.4) is 0 Å². The van der Waals surface area contributed by atoms with Crippen molar-refractivity contribution in [3.05, 3.63) is 36.0 Å². The highest BCUT2D eigenvalue weighted by Gasteiger charge is 2.20. The largest absolute Gasteiger partial charge is 0.480 e. The van der Waals surface area contributed by atoms with Crippen molar-refractivity contribution in [2.24, 2.45) is 5.92 Å². The lowest BCUT2D eigenvalue weighted by Crippen LogP contribution is -2.40. The molecule has 0 spiro atoms. The molecule has 0 bridgehead atoms. The number of fused-ring (bicyclic) bond motifs is 1. The summed E-state index contributed by atoms with van der Waals surface area (Å²) in [6, 6.07) is 7.45. The van der Waals surface area contributed by atoms with E-state index in [1.54, 1.807) is 0 Å². The first-order chi connectivity index (χ1) is 10.2. The van der Waals surface area contributed by atoms with Crippen molar-refractivity contribution in [2.45, 2.75) is 39.2 Å². The number of carboxylic acid groups (broad SMARTS) is 1. The summed E-state index contributed by atoms with van der Waals surface area (Å²) >= 11 is 0. The maximum Gasteiger partial charge on any atom is 0.321 e. The van der Waals surface area contributed by atoms with Crippen LogP contribution in [0.15, 0.2) is 30.5 Å². The zero-order valence-corrected chi connectivity index (χ0v) is 12.7. The highest BCUT2D eigenvalue weighted by molar-refractivity contribution is 5.84. The van der Waals surface area contributed by atoms with Crippen LogP contribution in [-0.4, -0.2) is 28.6 Å². The molecule has 1 heterocycles. The van der Waals surface area contributed by atoms with E-state index < -0.39 is 12.0 Å². The third-order valence-electron chi connectivity index (χ3n) is 4.20. The number of aliphatic carboxylic acids is 1. The number of para-hydroxylation sites is 1. The molecular weight excluding hydrogens is 264 g/mol. The molecule has 0 aliphatic rings. The van der Waals surface area contributed by atoms with Crippen molar-refractivity contribution in [3.63, 3.8) is 0 Å². The van der Waals surface area contributed by atoms with Crippen molar-refractivity contribution >= 4 is 16.9 Å². The van der Waals surface area contributed by atoms with Gasteiger partial charge in [-0.05, 0) is 24.1 Å². The third kappa shape index (κ3) is 3.85. The first-order valence-corrected chi connectivity index (χ1v) is 7.66. The van der Waals surface area contributed by atoms with Gasteiger partial charge in [0.25, 0.3) is 0 Å². The van der Waals surface area contributed by atoms with Gasteiger partial charge in [-0.1, -0.05) is 44.9 Å². The van der Waals surface area contributed by atoms with Gasteiger partial charge < -0.3 is 15.4 Å². The molecule has 21 heavy (non-hydrogen) atoms. The molecular formula is C17H24N2O2. The molecule has 0 saturated heterocycles. The molecule has 1 aromatic carbocycles. The van der Waals surface area contributed by atoms with E-state index in [-0.39, 0.29) is 0 Å². The second-order valence-electron chi connectivity index (χ2n) is 5.55. The Balaban J connectivity index is 2.07. The summed E-state index contributed by atoms with van der Waals surface area (Å²) < 4.78 is 0. The number of aromatic amines is 1. The van der Waals surface area contributed by atoms with Gasteiger partial charge in [0.15, 0.2) is 0 Å². The number of carboxylic acids is 1. The summed E-state index contributed by atoms with van der Waals surface area (Å²) in [5.74, 6) is -0.249. The maximum absolute atomic E-state index is 11.5. The van der Waals surface area contributed by atoms with Crippen LogP contribution in [0, 0.1) is 5.92 Å². The van der Waals surface area contributed by atoms with Gasteiger partial charge in [0.05, 0.1) is 0 Å². The fourth-order valence-electron chi connectivity index (χ4n) is 2.65. The molecule has 0 radical (unpaired) electrons. The standard InChI is InChI=1S/C17H24N2O2/c1-3-12(4-2)10-18-16(17(20)21)9-13-11-19-15-8-6-5-7-14(13)15/h5-8,11-12,16,18-19H,3-4,9-10H2,1-2H3,(H,20,21)/t16-/m1/s1. The Hall–Kier alpha value is -1.81. The van der Waals surface area contributed by atoms with Gasteiger partial charge in [-0.25, -0.2) is 0 Å². The minimum absolute atomic E-state index is 0.499. The molecule has 0 unspecified atom stereocenters. The number of hydrogen-bond acceptors (Lipinski definition) is 2. The van der Waals surface area contributed by atoms with E-state index >= 15 is 0 Å². The molecule has 0 aliphatic carbocycles. The predicted octanol–water partition coefficient (Wildman–Crippen LogP) is 3.19. The molecule has 0 saturated carbocycles. The fraction of sp³-hybridized carbons (Fsp3) is 0.471. The molecule has 3 N–H and O–H groups in total. The molecule has 2 aromatic rings. The molecule has 4 heteroatoms. The fourth-order valence-corrected chi connectivity index (χ4v) is 2.65. The van der Waals surface area contributed by atoms with E-state index in [9.17, 15) is 9.90 Å². The second kappa shape index (κ2) is 7.27. The number of rotatable bonds is 8. The normalized spacial score (nSPS) is 12.9. The summed E-state index contributed by atoms with van der Waals surface area (Å²) in [4.78, 5) is 14.7. The maximum atomic E-state index is 11.5. The molecule has 0 amide bonds. The predicted molar refractivity (Wildman–Crippen MR) is 85.5 cm³/mol. The molecule has 2 rings (SSSR count). The smallest absolute Gasteiger partial charge is 0.321 e. The summed E-state index contributed by atoms with van der Waals surface area (Å²) in [5.41, 5.74) is 2.10. The van der Waals surface area contributed by atoms with E-state index in [2.05, 4.69) is 24.1 Å². The second-order valence-corrected chi connectivity index (χ2v) is 5.55. The van der Waals surface area contributed by atoms with E-state index in [1.807, 2.05) is 30.5 Å². The lowest BCUT2D eigenvalue weighted by molar-refractivity contribution is -0.139. The van der Waals surface area contributed by atoms with Gasteiger partial charge in [0.2, 0.25) is 0 Å². The van der Waals surface area contributed by atoms with Gasteiger partial charge in [-0.2, -0.15) is 0 Å². The summed E-state index contributed by atoms with van der Waals surface area (Å²) in [5, 5.41) is 13.7. The van der Waals surface area contributed by atoms with E-state index in [1.165, 1.54) is 0 Å². The SMILES string of the molecule is CCC(CC)CN[C@H](Cc1c[nH]c2ccccc12)C(=O)O. The van der Waals surface area contributed by atoms with Crippen molar-refractivity contribution in [1.82, 2.24) is 10.3 Å². The van der Waals surface area contributed by atoms with Crippen LogP contribution in [0.25, 0.3) is 10.9 Å².